The lowest BCUT2D eigenvalue weighted by Gasteiger charge is -2.16. The number of nitrogens with zero attached hydrogens (tertiary/aromatic N) is 2. The summed E-state index contributed by atoms with van der Waals surface area (Å²) in [5, 5.41) is 7.06. The van der Waals surface area contributed by atoms with E-state index in [2.05, 4.69) is 15.2 Å². The van der Waals surface area contributed by atoms with Crippen LogP contribution in [0.4, 0.5) is 13.2 Å². The molecule has 1 N–H and O–H groups in total. The van der Waals surface area contributed by atoms with Crippen LogP contribution >= 0.6 is 0 Å². The fourth-order valence-electron chi connectivity index (χ4n) is 1.39. The molecule has 7 heteroatoms. The maximum Gasteiger partial charge on any atom is 0.411 e. The number of likely N-dealkylation sites (N-methyl/N-ethyl adjacent to an activating group) is 1. The number of halogens is 3. The third-order valence-corrected chi connectivity index (χ3v) is 2.22. The SMILES string of the molecule is CNC(COCC(F)(F)F)Cc1ccn(C)n1. The molecular weight excluding hydrogens is 235 g/mol. The Morgan fingerprint density at radius 3 is 2.71 bits per heavy atom. The molecule has 98 valence electrons. The lowest BCUT2D eigenvalue weighted by Crippen LogP contribution is -2.34. The molecule has 17 heavy (non-hydrogen) atoms. The van der Waals surface area contributed by atoms with Crippen LogP contribution < -0.4 is 5.32 Å². The summed E-state index contributed by atoms with van der Waals surface area (Å²) in [6.45, 7) is -1.21. The van der Waals surface area contributed by atoms with E-state index in [4.69, 9.17) is 0 Å². The van der Waals surface area contributed by atoms with Crippen molar-refractivity contribution in [3.8, 4) is 0 Å². The van der Waals surface area contributed by atoms with Crippen LogP contribution in [0.25, 0.3) is 0 Å². The molecule has 0 radical (unpaired) electrons. The van der Waals surface area contributed by atoms with E-state index in [0.29, 0.717) is 6.42 Å². The Morgan fingerprint density at radius 1 is 1.53 bits per heavy atom. The predicted molar refractivity (Wildman–Crippen MR) is 56.6 cm³/mol. The van der Waals surface area contributed by atoms with E-state index in [-0.39, 0.29) is 12.6 Å². The van der Waals surface area contributed by atoms with Crippen molar-refractivity contribution >= 4 is 0 Å². The summed E-state index contributed by atoms with van der Waals surface area (Å²) in [6.07, 6.45) is -1.95. The van der Waals surface area contributed by atoms with Gasteiger partial charge in [0.15, 0.2) is 0 Å². The maximum absolute atomic E-state index is 11.9. The summed E-state index contributed by atoms with van der Waals surface area (Å²) in [6, 6.07) is 1.65. The van der Waals surface area contributed by atoms with Crippen LogP contribution in [0.1, 0.15) is 5.69 Å². The molecule has 0 fully saturated rings. The van der Waals surface area contributed by atoms with Crippen molar-refractivity contribution in [2.45, 2.75) is 18.6 Å². The number of hydrogen-bond acceptors (Lipinski definition) is 3. The zero-order chi connectivity index (χ0) is 12.9. The Bertz CT molecular complexity index is 338. The standard InChI is InChI=1S/C10H16F3N3O/c1-14-9(6-17-7-10(11,12)13)5-8-3-4-16(2)15-8/h3-4,9,14H,5-7H2,1-2H3. The first-order valence-electron chi connectivity index (χ1n) is 5.21. The first-order valence-corrected chi connectivity index (χ1v) is 5.21. The second-order valence-electron chi connectivity index (χ2n) is 3.80. The number of aryl methyl sites for hydroxylation is 1. The minimum absolute atomic E-state index is 0.00653. The van der Waals surface area contributed by atoms with Gasteiger partial charge >= 0.3 is 6.18 Å². The van der Waals surface area contributed by atoms with Gasteiger partial charge in [0.2, 0.25) is 0 Å². The summed E-state index contributed by atoms with van der Waals surface area (Å²) in [4.78, 5) is 0. The average Bonchev–Trinajstić information content (AvgIpc) is 2.60. The molecule has 0 spiro atoms. The Hall–Kier alpha value is -1.08. The third kappa shape index (κ3) is 5.69. The van der Waals surface area contributed by atoms with E-state index in [1.807, 2.05) is 6.07 Å². The van der Waals surface area contributed by atoms with Gasteiger partial charge in [-0.05, 0) is 13.1 Å². The van der Waals surface area contributed by atoms with Crippen LogP contribution in [-0.2, 0) is 18.2 Å². The molecule has 0 aliphatic carbocycles. The molecule has 4 nitrogen and oxygen atoms in total. The zero-order valence-corrected chi connectivity index (χ0v) is 9.79. The monoisotopic (exact) mass is 251 g/mol. The Morgan fingerprint density at radius 2 is 2.24 bits per heavy atom. The molecule has 0 aliphatic rings. The summed E-state index contributed by atoms with van der Waals surface area (Å²) in [5.41, 5.74) is 0.822. The zero-order valence-electron chi connectivity index (χ0n) is 9.79. The highest BCUT2D eigenvalue weighted by Crippen LogP contribution is 2.14. The van der Waals surface area contributed by atoms with Crippen LogP contribution in [0.15, 0.2) is 12.3 Å². The molecule has 0 bridgehead atoms. The van der Waals surface area contributed by atoms with Gasteiger partial charge in [-0.1, -0.05) is 0 Å². The number of hydrogen-bond donors (Lipinski definition) is 1. The van der Waals surface area contributed by atoms with Gasteiger partial charge in [0.05, 0.1) is 12.3 Å². The minimum Gasteiger partial charge on any atom is -0.370 e. The highest BCUT2D eigenvalue weighted by molar-refractivity contribution is 5.01. The highest BCUT2D eigenvalue weighted by Gasteiger charge is 2.27. The van der Waals surface area contributed by atoms with Crippen molar-refractivity contribution in [1.82, 2.24) is 15.1 Å². The number of ether oxygens (including phenoxy) is 1. The van der Waals surface area contributed by atoms with E-state index in [9.17, 15) is 13.2 Å². The Kier molecular flexibility index (Phi) is 4.95. The molecule has 0 aromatic carbocycles. The third-order valence-electron chi connectivity index (χ3n) is 2.22. The summed E-state index contributed by atoms with van der Waals surface area (Å²) >= 11 is 0. The van der Waals surface area contributed by atoms with Gasteiger partial charge in [0.25, 0.3) is 0 Å². The van der Waals surface area contributed by atoms with Crippen LogP contribution in [0, 0.1) is 0 Å². The minimum atomic E-state index is -4.27. The van der Waals surface area contributed by atoms with Crippen molar-refractivity contribution in [2.75, 3.05) is 20.3 Å². The summed E-state index contributed by atoms with van der Waals surface area (Å²) in [7, 11) is 3.47. The number of rotatable bonds is 6. The predicted octanol–water partition coefficient (Wildman–Crippen LogP) is 1.13. The van der Waals surface area contributed by atoms with Gasteiger partial charge in [-0.2, -0.15) is 18.3 Å². The summed E-state index contributed by atoms with van der Waals surface area (Å²) < 4.78 is 41.9. The van der Waals surface area contributed by atoms with Gasteiger partial charge in [0.1, 0.15) is 6.61 Å². The van der Waals surface area contributed by atoms with Crippen molar-refractivity contribution in [1.29, 1.82) is 0 Å². The lowest BCUT2D eigenvalue weighted by atomic mass is 10.2. The van der Waals surface area contributed by atoms with Crippen LogP contribution in [0.3, 0.4) is 0 Å². The molecule has 1 rings (SSSR count). The Labute approximate surface area is 97.8 Å². The molecular formula is C10H16F3N3O. The van der Waals surface area contributed by atoms with Gasteiger partial charge in [0, 0.05) is 25.7 Å². The summed E-state index contributed by atoms with van der Waals surface area (Å²) in [5.74, 6) is 0. The topological polar surface area (TPSA) is 39.1 Å². The molecule has 0 aliphatic heterocycles. The second-order valence-corrected chi connectivity index (χ2v) is 3.80. The van der Waals surface area contributed by atoms with E-state index < -0.39 is 12.8 Å². The average molecular weight is 251 g/mol. The molecule has 1 atom stereocenters. The second kappa shape index (κ2) is 6.02. The maximum atomic E-state index is 11.9. The normalized spacial score (nSPS) is 13.9. The van der Waals surface area contributed by atoms with Crippen LogP contribution in [0.2, 0.25) is 0 Å². The number of alkyl halides is 3. The van der Waals surface area contributed by atoms with E-state index in [1.165, 1.54) is 0 Å². The molecule has 1 unspecified atom stereocenters. The largest absolute Gasteiger partial charge is 0.411 e. The van der Waals surface area contributed by atoms with Crippen molar-refractivity contribution in [2.24, 2.45) is 7.05 Å². The molecule has 1 aromatic rings. The van der Waals surface area contributed by atoms with Crippen molar-refractivity contribution in [3.05, 3.63) is 18.0 Å². The first kappa shape index (κ1) is 14.0. The molecule has 1 aromatic heterocycles. The highest BCUT2D eigenvalue weighted by atomic mass is 19.4. The molecule has 0 amide bonds. The molecule has 0 saturated carbocycles. The van der Waals surface area contributed by atoms with Gasteiger partial charge in [-0.3, -0.25) is 4.68 Å². The Balaban J connectivity index is 2.34. The number of aromatic nitrogens is 2. The van der Waals surface area contributed by atoms with Crippen LogP contribution in [0.5, 0.6) is 0 Å². The molecule has 0 saturated heterocycles. The quantitative estimate of drug-likeness (QED) is 0.823. The fraction of sp³-hybridized carbons (Fsp3) is 0.700. The lowest BCUT2D eigenvalue weighted by molar-refractivity contribution is -0.175. The smallest absolute Gasteiger partial charge is 0.370 e. The first-order chi connectivity index (χ1) is 7.90. The van der Waals surface area contributed by atoms with Crippen molar-refractivity contribution < 1.29 is 17.9 Å². The van der Waals surface area contributed by atoms with Gasteiger partial charge in [-0.15, -0.1) is 0 Å². The van der Waals surface area contributed by atoms with E-state index in [1.54, 1.807) is 25.0 Å². The van der Waals surface area contributed by atoms with Gasteiger partial charge in [-0.25, -0.2) is 0 Å². The van der Waals surface area contributed by atoms with Crippen molar-refractivity contribution in [3.63, 3.8) is 0 Å². The van der Waals surface area contributed by atoms with Crippen LogP contribution in [-0.4, -0.2) is 42.3 Å². The van der Waals surface area contributed by atoms with E-state index >= 15 is 0 Å². The van der Waals surface area contributed by atoms with Gasteiger partial charge < -0.3 is 10.1 Å². The molecule has 1 heterocycles. The van der Waals surface area contributed by atoms with E-state index in [0.717, 1.165) is 5.69 Å². The fourth-order valence-corrected chi connectivity index (χ4v) is 1.39. The number of nitrogens with one attached hydrogen (secondary N) is 1.